The van der Waals surface area contributed by atoms with Gasteiger partial charge in [0.25, 0.3) is 5.91 Å². The Labute approximate surface area is 144 Å². The number of thiazole rings is 1. The number of nitrogens with one attached hydrogen (secondary N) is 1. The van der Waals surface area contributed by atoms with Crippen LogP contribution in [0.15, 0.2) is 24.3 Å². The van der Waals surface area contributed by atoms with Crippen LogP contribution in [-0.2, 0) is 4.74 Å². The highest BCUT2D eigenvalue weighted by atomic mass is 32.1. The summed E-state index contributed by atoms with van der Waals surface area (Å²) in [4.78, 5) is 19.9. The molecular weight excluding hydrogens is 329 g/mol. The van der Waals surface area contributed by atoms with Gasteiger partial charge in [0.2, 0.25) is 0 Å². The van der Waals surface area contributed by atoms with Crippen molar-refractivity contribution in [2.24, 2.45) is 0 Å². The molecule has 0 unspecified atom stereocenters. The average molecular weight is 349 g/mol. The van der Waals surface area contributed by atoms with Crippen LogP contribution in [0, 0.1) is 12.7 Å². The highest BCUT2D eigenvalue weighted by Gasteiger charge is 2.18. The monoisotopic (exact) mass is 349 g/mol. The Morgan fingerprint density at radius 3 is 2.75 bits per heavy atom. The van der Waals surface area contributed by atoms with Crippen LogP contribution < -0.4 is 5.32 Å². The van der Waals surface area contributed by atoms with Gasteiger partial charge in [-0.15, -0.1) is 11.3 Å². The Bertz CT molecular complexity index is 696. The number of hydrogen-bond donors (Lipinski definition) is 1. The number of halogens is 1. The molecule has 1 fully saturated rings. The Hall–Kier alpha value is -1.83. The minimum Gasteiger partial charge on any atom is -0.379 e. The minimum absolute atomic E-state index is 0.188. The maximum atomic E-state index is 13.1. The lowest BCUT2D eigenvalue weighted by atomic mass is 10.1. The van der Waals surface area contributed by atoms with Crippen LogP contribution in [0.4, 0.5) is 4.39 Å². The molecule has 1 aromatic heterocycles. The standard InChI is InChI=1S/C17H20FN3O2S/c1-12-20-15(16(24-12)13-2-4-14(18)5-3-13)17(22)19-6-7-21-8-10-23-11-9-21/h2-5H,6-11H2,1H3,(H,19,22). The zero-order chi connectivity index (χ0) is 16.9. The summed E-state index contributed by atoms with van der Waals surface area (Å²) in [6, 6.07) is 6.13. The highest BCUT2D eigenvalue weighted by Crippen LogP contribution is 2.30. The van der Waals surface area contributed by atoms with Gasteiger partial charge < -0.3 is 10.1 Å². The number of carbonyl (C=O) groups is 1. The first-order valence-electron chi connectivity index (χ1n) is 7.95. The third-order valence-corrected chi connectivity index (χ3v) is 4.89. The van der Waals surface area contributed by atoms with Gasteiger partial charge in [0.05, 0.1) is 23.1 Å². The van der Waals surface area contributed by atoms with E-state index >= 15 is 0 Å². The van der Waals surface area contributed by atoms with E-state index in [1.807, 2.05) is 6.92 Å². The van der Waals surface area contributed by atoms with Gasteiger partial charge in [-0.2, -0.15) is 0 Å². The fourth-order valence-electron chi connectivity index (χ4n) is 2.61. The van der Waals surface area contributed by atoms with Gasteiger partial charge in [-0.05, 0) is 24.6 Å². The topological polar surface area (TPSA) is 54.5 Å². The molecule has 1 amide bonds. The molecule has 24 heavy (non-hydrogen) atoms. The Balaban J connectivity index is 1.65. The molecule has 1 saturated heterocycles. The van der Waals surface area contributed by atoms with E-state index in [9.17, 15) is 9.18 Å². The van der Waals surface area contributed by atoms with Crippen molar-refractivity contribution < 1.29 is 13.9 Å². The molecule has 5 nitrogen and oxygen atoms in total. The Morgan fingerprint density at radius 1 is 1.33 bits per heavy atom. The predicted octanol–water partition coefficient (Wildman–Crippen LogP) is 2.32. The molecule has 0 aliphatic carbocycles. The smallest absolute Gasteiger partial charge is 0.271 e. The molecule has 2 aromatic rings. The molecule has 0 saturated carbocycles. The molecule has 1 aromatic carbocycles. The zero-order valence-electron chi connectivity index (χ0n) is 13.5. The summed E-state index contributed by atoms with van der Waals surface area (Å²) in [6.07, 6.45) is 0. The van der Waals surface area contributed by atoms with E-state index in [2.05, 4.69) is 15.2 Å². The van der Waals surface area contributed by atoms with Gasteiger partial charge in [-0.3, -0.25) is 9.69 Å². The largest absolute Gasteiger partial charge is 0.379 e. The van der Waals surface area contributed by atoms with Gasteiger partial charge in [0.15, 0.2) is 0 Å². The van der Waals surface area contributed by atoms with Crippen molar-refractivity contribution in [2.75, 3.05) is 39.4 Å². The van der Waals surface area contributed by atoms with E-state index in [0.717, 1.165) is 48.3 Å². The summed E-state index contributed by atoms with van der Waals surface area (Å²) in [5.41, 5.74) is 1.21. The number of benzene rings is 1. The van der Waals surface area contributed by atoms with Gasteiger partial charge in [0.1, 0.15) is 11.5 Å². The first-order valence-corrected chi connectivity index (χ1v) is 8.77. The molecule has 1 N–H and O–H groups in total. The number of rotatable bonds is 5. The van der Waals surface area contributed by atoms with Gasteiger partial charge in [-0.1, -0.05) is 12.1 Å². The second-order valence-corrected chi connectivity index (χ2v) is 6.83. The number of nitrogens with zero attached hydrogens (tertiary/aromatic N) is 2. The summed E-state index contributed by atoms with van der Waals surface area (Å²) >= 11 is 1.44. The zero-order valence-corrected chi connectivity index (χ0v) is 14.4. The van der Waals surface area contributed by atoms with E-state index in [0.29, 0.717) is 12.2 Å². The molecule has 7 heteroatoms. The third kappa shape index (κ3) is 4.17. The fraction of sp³-hybridized carbons (Fsp3) is 0.412. The lowest BCUT2D eigenvalue weighted by Crippen LogP contribution is -2.41. The van der Waals surface area contributed by atoms with Crippen LogP contribution in [0.25, 0.3) is 10.4 Å². The SMILES string of the molecule is Cc1nc(C(=O)NCCN2CCOCC2)c(-c2ccc(F)cc2)s1. The maximum absolute atomic E-state index is 13.1. The number of aryl methyl sites for hydroxylation is 1. The van der Waals surface area contributed by atoms with Crippen LogP contribution in [-0.4, -0.2) is 55.2 Å². The van der Waals surface area contributed by atoms with E-state index in [-0.39, 0.29) is 11.7 Å². The van der Waals surface area contributed by atoms with Crippen LogP contribution in [0.3, 0.4) is 0 Å². The molecule has 3 rings (SSSR count). The number of carbonyl (C=O) groups excluding carboxylic acids is 1. The lowest BCUT2D eigenvalue weighted by molar-refractivity contribution is 0.0383. The van der Waals surface area contributed by atoms with Crippen molar-refractivity contribution in [3.8, 4) is 10.4 Å². The van der Waals surface area contributed by atoms with E-state index in [1.165, 1.54) is 23.5 Å². The second-order valence-electron chi connectivity index (χ2n) is 5.63. The van der Waals surface area contributed by atoms with Crippen molar-refractivity contribution >= 4 is 17.2 Å². The van der Waals surface area contributed by atoms with Crippen molar-refractivity contribution in [2.45, 2.75) is 6.92 Å². The normalized spacial score (nSPS) is 15.4. The average Bonchev–Trinajstić information content (AvgIpc) is 2.98. The molecule has 0 spiro atoms. The summed E-state index contributed by atoms with van der Waals surface area (Å²) < 4.78 is 18.4. The highest BCUT2D eigenvalue weighted by molar-refractivity contribution is 7.15. The van der Waals surface area contributed by atoms with Crippen LogP contribution in [0.2, 0.25) is 0 Å². The maximum Gasteiger partial charge on any atom is 0.271 e. The molecule has 128 valence electrons. The fourth-order valence-corrected chi connectivity index (χ4v) is 3.54. The summed E-state index contributed by atoms with van der Waals surface area (Å²) in [5, 5.41) is 3.74. The van der Waals surface area contributed by atoms with Crippen molar-refractivity contribution in [3.63, 3.8) is 0 Å². The van der Waals surface area contributed by atoms with Crippen molar-refractivity contribution in [3.05, 3.63) is 40.8 Å². The van der Waals surface area contributed by atoms with Gasteiger partial charge in [-0.25, -0.2) is 9.37 Å². The van der Waals surface area contributed by atoms with E-state index in [4.69, 9.17) is 4.74 Å². The van der Waals surface area contributed by atoms with E-state index < -0.39 is 0 Å². The number of ether oxygens (including phenoxy) is 1. The molecule has 0 radical (unpaired) electrons. The van der Waals surface area contributed by atoms with Crippen LogP contribution in [0.1, 0.15) is 15.5 Å². The number of hydrogen-bond acceptors (Lipinski definition) is 5. The van der Waals surface area contributed by atoms with Crippen LogP contribution >= 0.6 is 11.3 Å². The number of aromatic nitrogens is 1. The molecule has 1 aliphatic heterocycles. The number of morpholine rings is 1. The lowest BCUT2D eigenvalue weighted by Gasteiger charge is -2.26. The molecular formula is C17H20FN3O2S. The van der Waals surface area contributed by atoms with Gasteiger partial charge in [0, 0.05) is 26.2 Å². The Morgan fingerprint density at radius 2 is 2.04 bits per heavy atom. The van der Waals surface area contributed by atoms with Crippen LogP contribution in [0.5, 0.6) is 0 Å². The third-order valence-electron chi connectivity index (χ3n) is 3.87. The van der Waals surface area contributed by atoms with E-state index in [1.54, 1.807) is 12.1 Å². The van der Waals surface area contributed by atoms with Crippen molar-refractivity contribution in [1.82, 2.24) is 15.2 Å². The molecule has 2 heterocycles. The second kappa shape index (κ2) is 7.83. The summed E-state index contributed by atoms with van der Waals surface area (Å²) in [7, 11) is 0. The molecule has 0 atom stereocenters. The number of amides is 1. The first kappa shape index (κ1) is 17.0. The Kier molecular flexibility index (Phi) is 5.55. The molecule has 0 bridgehead atoms. The first-order chi connectivity index (χ1) is 11.6. The summed E-state index contributed by atoms with van der Waals surface area (Å²) in [6.45, 7) is 6.51. The quantitative estimate of drug-likeness (QED) is 0.900. The van der Waals surface area contributed by atoms with Gasteiger partial charge >= 0.3 is 0 Å². The minimum atomic E-state index is -0.295. The van der Waals surface area contributed by atoms with Crippen molar-refractivity contribution in [1.29, 1.82) is 0 Å². The predicted molar refractivity (Wildman–Crippen MR) is 91.8 cm³/mol. The molecule has 1 aliphatic rings. The summed E-state index contributed by atoms with van der Waals surface area (Å²) in [5.74, 6) is -0.483.